The normalized spacial score (nSPS) is 18.9. The number of benzene rings is 2. The summed E-state index contributed by atoms with van der Waals surface area (Å²) in [5, 5.41) is 13.1. The summed E-state index contributed by atoms with van der Waals surface area (Å²) in [6, 6.07) is 11.7. The Balaban J connectivity index is 1.47. The van der Waals surface area contributed by atoms with Gasteiger partial charge in [0.1, 0.15) is 5.84 Å². The molecule has 2 aromatic carbocycles. The number of rotatable bonds is 4. The first-order valence-electron chi connectivity index (χ1n) is 9.30. The van der Waals surface area contributed by atoms with Crippen LogP contribution < -0.4 is 16.0 Å². The van der Waals surface area contributed by atoms with Gasteiger partial charge in [0.25, 0.3) is 11.8 Å². The molecule has 0 aliphatic carbocycles. The Labute approximate surface area is 172 Å². The molecule has 0 aromatic heterocycles. The van der Waals surface area contributed by atoms with E-state index >= 15 is 0 Å². The number of anilines is 2. The van der Waals surface area contributed by atoms with E-state index in [0.717, 1.165) is 11.1 Å². The largest absolute Gasteiger partial charge is 0.383 e. The van der Waals surface area contributed by atoms with Crippen molar-refractivity contribution < 1.29 is 19.4 Å². The Kier molecular flexibility index (Phi) is 5.18. The van der Waals surface area contributed by atoms with E-state index in [1.807, 2.05) is 0 Å². The number of carbonyl (C=O) groups excluding carboxylic acids is 2. The van der Waals surface area contributed by atoms with Crippen LogP contribution in [0, 0.1) is 6.57 Å². The second-order valence-electron chi connectivity index (χ2n) is 6.92. The molecule has 0 bridgehead atoms. The second-order valence-corrected chi connectivity index (χ2v) is 6.92. The van der Waals surface area contributed by atoms with Gasteiger partial charge in [-0.1, -0.05) is 12.1 Å². The number of amides is 2. The second kappa shape index (κ2) is 7.94. The molecular formula is C21H19N5O4. The highest BCUT2D eigenvalue weighted by Crippen LogP contribution is 2.26. The van der Waals surface area contributed by atoms with Gasteiger partial charge in [-0.15, -0.1) is 0 Å². The van der Waals surface area contributed by atoms with Gasteiger partial charge in [0.15, 0.2) is 17.9 Å². The number of fused-ring (bicyclic) bond motifs is 1. The van der Waals surface area contributed by atoms with Crippen molar-refractivity contribution in [2.24, 2.45) is 10.7 Å². The smallest absolute Gasteiger partial charge is 0.259 e. The van der Waals surface area contributed by atoms with Crippen LogP contribution in [-0.4, -0.2) is 48.1 Å². The fraction of sp³-hybridized carbons (Fsp3) is 0.238. The number of nitrogens with one attached hydrogen (secondary N) is 1. The van der Waals surface area contributed by atoms with Gasteiger partial charge in [-0.2, -0.15) is 0 Å². The number of nitrogens with two attached hydrogens (primary N) is 1. The maximum atomic E-state index is 12.9. The molecule has 0 unspecified atom stereocenters. The van der Waals surface area contributed by atoms with Crippen LogP contribution in [0.5, 0.6) is 0 Å². The van der Waals surface area contributed by atoms with Crippen molar-refractivity contribution in [1.29, 1.82) is 0 Å². The first kappa shape index (κ1) is 19.6. The molecular weight excluding hydrogens is 386 g/mol. The summed E-state index contributed by atoms with van der Waals surface area (Å²) >= 11 is 0. The fourth-order valence-electron chi connectivity index (χ4n) is 3.48. The minimum absolute atomic E-state index is 0.151. The summed E-state index contributed by atoms with van der Waals surface area (Å²) in [4.78, 5) is 34.3. The van der Waals surface area contributed by atoms with Gasteiger partial charge in [0, 0.05) is 23.5 Å². The van der Waals surface area contributed by atoms with Gasteiger partial charge in [0.2, 0.25) is 0 Å². The molecule has 1 saturated heterocycles. The third-order valence-corrected chi connectivity index (χ3v) is 5.02. The fourth-order valence-corrected chi connectivity index (χ4v) is 3.48. The lowest BCUT2D eigenvalue weighted by Gasteiger charge is -2.34. The van der Waals surface area contributed by atoms with Crippen LogP contribution in [0.25, 0.3) is 4.85 Å². The van der Waals surface area contributed by atoms with E-state index in [9.17, 15) is 14.7 Å². The van der Waals surface area contributed by atoms with E-state index in [2.05, 4.69) is 15.2 Å². The Morgan fingerprint density at radius 2 is 2.20 bits per heavy atom. The predicted octanol–water partition coefficient (Wildman–Crippen LogP) is 1.19. The van der Waals surface area contributed by atoms with Gasteiger partial charge in [-0.05, 0) is 35.9 Å². The van der Waals surface area contributed by atoms with Crippen molar-refractivity contribution in [3.8, 4) is 0 Å². The van der Waals surface area contributed by atoms with E-state index in [0.29, 0.717) is 29.4 Å². The Hall–Kier alpha value is -3.74. The summed E-state index contributed by atoms with van der Waals surface area (Å²) in [6.45, 7) is 7.96. The molecule has 9 nitrogen and oxygen atoms in total. The zero-order valence-corrected chi connectivity index (χ0v) is 15.9. The number of nitrogens with zero attached hydrogens (tertiary/aromatic N) is 3. The lowest BCUT2D eigenvalue weighted by molar-refractivity contribution is -0.150. The van der Waals surface area contributed by atoms with E-state index in [-0.39, 0.29) is 13.2 Å². The molecule has 2 amide bonds. The van der Waals surface area contributed by atoms with Crippen molar-refractivity contribution in [1.82, 2.24) is 0 Å². The molecule has 2 atom stereocenters. The van der Waals surface area contributed by atoms with Crippen molar-refractivity contribution in [2.45, 2.75) is 18.8 Å². The molecule has 2 aromatic rings. The molecule has 2 aliphatic rings. The van der Waals surface area contributed by atoms with Gasteiger partial charge in [-0.3, -0.25) is 14.6 Å². The first-order valence-corrected chi connectivity index (χ1v) is 9.30. The summed E-state index contributed by atoms with van der Waals surface area (Å²) in [6.07, 6.45) is -3.04. The van der Waals surface area contributed by atoms with Crippen LogP contribution in [0.15, 0.2) is 47.5 Å². The van der Waals surface area contributed by atoms with Gasteiger partial charge >= 0.3 is 0 Å². The molecule has 0 spiro atoms. The summed E-state index contributed by atoms with van der Waals surface area (Å²) in [5.41, 5.74) is 8.85. The number of hydrogen-bond acceptors (Lipinski definition) is 6. The van der Waals surface area contributed by atoms with Crippen LogP contribution in [0.1, 0.15) is 11.1 Å². The summed E-state index contributed by atoms with van der Waals surface area (Å²) in [7, 11) is 0. The highest BCUT2D eigenvalue weighted by Gasteiger charge is 2.39. The lowest BCUT2D eigenvalue weighted by atomic mass is 10.1. The maximum absolute atomic E-state index is 12.9. The van der Waals surface area contributed by atoms with Crippen LogP contribution in [0.3, 0.4) is 0 Å². The maximum Gasteiger partial charge on any atom is 0.259 e. The minimum atomic E-state index is -1.70. The number of aliphatic imine (C=N–C) groups is 1. The molecule has 4 rings (SSSR count). The molecule has 30 heavy (non-hydrogen) atoms. The first-order chi connectivity index (χ1) is 14.5. The molecule has 0 radical (unpaired) electrons. The van der Waals surface area contributed by atoms with Crippen LogP contribution in [-0.2, 0) is 20.9 Å². The molecule has 9 heteroatoms. The topological polar surface area (TPSA) is 122 Å². The Bertz CT molecular complexity index is 1090. The van der Waals surface area contributed by atoms with E-state index < -0.39 is 24.0 Å². The van der Waals surface area contributed by atoms with Crippen molar-refractivity contribution >= 4 is 34.7 Å². The molecule has 2 aliphatic heterocycles. The highest BCUT2D eigenvalue weighted by molar-refractivity contribution is 6.05. The molecule has 4 N–H and O–H groups in total. The standard InChI is InChI=1S/C21H19N5O4/c1-23-13-3-2-4-15(10-13)26-7-8-30-18(21(26)29)17(27)20(28)25-14-5-6-16-12(9-14)11-24-19(16)22/h2-6,9-10,17-18,27H,7-8,11H2,(H2,22,24)(H,25,28)/t17-,18-/m1/s1. The Morgan fingerprint density at radius 3 is 3.00 bits per heavy atom. The monoisotopic (exact) mass is 405 g/mol. The van der Waals surface area contributed by atoms with Gasteiger partial charge < -0.3 is 25.8 Å². The molecule has 1 fully saturated rings. The average Bonchev–Trinajstić information content (AvgIpc) is 3.13. The van der Waals surface area contributed by atoms with Crippen LogP contribution in [0.4, 0.5) is 17.1 Å². The van der Waals surface area contributed by atoms with E-state index in [4.69, 9.17) is 17.0 Å². The number of aliphatic hydroxyl groups is 1. The van der Waals surface area contributed by atoms with Crippen LogP contribution in [0.2, 0.25) is 0 Å². The number of carbonyl (C=O) groups is 2. The minimum Gasteiger partial charge on any atom is -0.383 e. The SMILES string of the molecule is [C-]#[N+]c1cccc(N2CCO[C@H]([C@@H](O)C(=O)Nc3ccc4c(c3)CN=C4N)C2=O)c1. The Morgan fingerprint density at radius 1 is 1.37 bits per heavy atom. The van der Waals surface area contributed by atoms with Gasteiger partial charge in [-0.25, -0.2) is 4.85 Å². The zero-order valence-electron chi connectivity index (χ0n) is 15.9. The predicted molar refractivity (Wildman–Crippen MR) is 110 cm³/mol. The third kappa shape index (κ3) is 3.61. The lowest BCUT2D eigenvalue weighted by Crippen LogP contribution is -2.55. The zero-order chi connectivity index (χ0) is 21.3. The highest BCUT2D eigenvalue weighted by atomic mass is 16.5. The van der Waals surface area contributed by atoms with E-state index in [1.54, 1.807) is 42.5 Å². The third-order valence-electron chi connectivity index (χ3n) is 5.02. The number of morpholine rings is 1. The summed E-state index contributed by atoms with van der Waals surface area (Å²) in [5.74, 6) is -0.843. The van der Waals surface area contributed by atoms with Crippen molar-refractivity contribution in [3.05, 3.63) is 65.0 Å². The molecule has 0 saturated carbocycles. The number of hydrogen-bond donors (Lipinski definition) is 3. The number of aliphatic hydroxyl groups excluding tert-OH is 1. The average molecular weight is 405 g/mol. The molecule has 152 valence electrons. The number of amidine groups is 1. The van der Waals surface area contributed by atoms with Gasteiger partial charge in [0.05, 0.1) is 19.7 Å². The number of ether oxygens (including phenoxy) is 1. The van der Waals surface area contributed by atoms with Crippen LogP contribution >= 0.6 is 0 Å². The van der Waals surface area contributed by atoms with Crippen molar-refractivity contribution in [2.75, 3.05) is 23.4 Å². The van der Waals surface area contributed by atoms with E-state index in [1.165, 1.54) is 4.90 Å². The molecule has 2 heterocycles. The van der Waals surface area contributed by atoms with Crippen molar-refractivity contribution in [3.63, 3.8) is 0 Å². The summed E-state index contributed by atoms with van der Waals surface area (Å²) < 4.78 is 5.41. The quantitative estimate of drug-likeness (QED) is 0.660.